The molecule has 0 aliphatic rings. The molecule has 0 aliphatic heterocycles. The van der Waals surface area contributed by atoms with E-state index in [-0.39, 0.29) is 11.8 Å². The fourth-order valence-corrected chi connectivity index (χ4v) is 2.94. The highest BCUT2D eigenvalue weighted by Crippen LogP contribution is 2.22. The van der Waals surface area contributed by atoms with Gasteiger partial charge in [-0.05, 0) is 13.3 Å². The summed E-state index contributed by atoms with van der Waals surface area (Å²) in [6, 6.07) is -0.221. The van der Waals surface area contributed by atoms with Crippen LogP contribution in [0, 0.1) is 0 Å². The smallest absolute Gasteiger partial charge is 0.149 e. The summed E-state index contributed by atoms with van der Waals surface area (Å²) in [6.07, 6.45) is 4.26. The van der Waals surface area contributed by atoms with Crippen molar-refractivity contribution in [1.82, 2.24) is 9.97 Å². The maximum atomic E-state index is 11.2. The second-order valence-electron chi connectivity index (χ2n) is 4.38. The van der Waals surface area contributed by atoms with Crippen molar-refractivity contribution < 1.29 is 8.42 Å². The number of hydrogen-bond acceptors (Lipinski definition) is 5. The summed E-state index contributed by atoms with van der Waals surface area (Å²) < 4.78 is 22.4. The molecule has 0 saturated heterocycles. The van der Waals surface area contributed by atoms with Crippen LogP contribution in [-0.4, -0.2) is 36.4 Å². The first-order chi connectivity index (χ1) is 8.33. The Hall–Kier alpha value is -0.880. The van der Waals surface area contributed by atoms with E-state index >= 15 is 0 Å². The van der Waals surface area contributed by atoms with Gasteiger partial charge in [0, 0.05) is 17.9 Å². The van der Waals surface area contributed by atoms with Crippen LogP contribution in [0.1, 0.15) is 25.8 Å². The molecule has 5 nitrogen and oxygen atoms in total. The Morgan fingerprint density at radius 1 is 1.44 bits per heavy atom. The molecule has 0 bridgehead atoms. The molecule has 1 atom stereocenters. The standard InChI is InChI=1S/C11H18ClN3O2S/c1-4-5-9-10(12)13-7-14-11(9)15-8(2)6-18(3,16)17/h7-8H,4-6H2,1-3H3,(H,13,14,15). The SMILES string of the molecule is CCCc1c(Cl)ncnc1NC(C)CS(C)(=O)=O. The lowest BCUT2D eigenvalue weighted by Crippen LogP contribution is -2.26. The Bertz CT molecular complexity index is 505. The summed E-state index contributed by atoms with van der Waals surface area (Å²) in [5.41, 5.74) is 0.835. The van der Waals surface area contributed by atoms with Gasteiger partial charge in [0.15, 0.2) is 0 Å². The van der Waals surface area contributed by atoms with E-state index in [4.69, 9.17) is 11.6 Å². The minimum Gasteiger partial charge on any atom is -0.366 e. The Balaban J connectivity index is 2.87. The first kappa shape index (κ1) is 15.2. The van der Waals surface area contributed by atoms with Crippen molar-refractivity contribution in [3.05, 3.63) is 17.0 Å². The molecule has 0 spiro atoms. The van der Waals surface area contributed by atoms with Gasteiger partial charge in [-0.15, -0.1) is 0 Å². The van der Waals surface area contributed by atoms with Crippen LogP contribution >= 0.6 is 11.6 Å². The molecular weight excluding hydrogens is 274 g/mol. The van der Waals surface area contributed by atoms with Crippen molar-refractivity contribution in [2.45, 2.75) is 32.7 Å². The molecule has 7 heteroatoms. The summed E-state index contributed by atoms with van der Waals surface area (Å²) in [5, 5.41) is 3.50. The minimum absolute atomic E-state index is 0.0557. The normalized spacial score (nSPS) is 13.3. The first-order valence-corrected chi connectivity index (χ1v) is 8.21. The molecule has 102 valence electrons. The van der Waals surface area contributed by atoms with Crippen LogP contribution in [0.25, 0.3) is 0 Å². The van der Waals surface area contributed by atoms with E-state index in [9.17, 15) is 8.42 Å². The predicted molar refractivity (Wildman–Crippen MR) is 73.8 cm³/mol. The number of anilines is 1. The number of rotatable bonds is 6. The lowest BCUT2D eigenvalue weighted by Gasteiger charge is -2.16. The molecule has 1 aromatic rings. The number of aromatic nitrogens is 2. The van der Waals surface area contributed by atoms with Gasteiger partial charge in [0.05, 0.1) is 5.75 Å². The van der Waals surface area contributed by atoms with Crippen LogP contribution in [0.4, 0.5) is 5.82 Å². The zero-order chi connectivity index (χ0) is 13.8. The van der Waals surface area contributed by atoms with Gasteiger partial charge < -0.3 is 5.32 Å². The average molecular weight is 292 g/mol. The molecule has 0 saturated carbocycles. The maximum Gasteiger partial charge on any atom is 0.149 e. The summed E-state index contributed by atoms with van der Waals surface area (Å²) in [4.78, 5) is 8.06. The molecule has 1 rings (SSSR count). The van der Waals surface area contributed by atoms with E-state index < -0.39 is 9.84 Å². The molecule has 0 aliphatic carbocycles. The average Bonchev–Trinajstić information content (AvgIpc) is 2.20. The zero-order valence-electron chi connectivity index (χ0n) is 10.8. The van der Waals surface area contributed by atoms with Crippen molar-refractivity contribution in [2.24, 2.45) is 0 Å². The Morgan fingerprint density at radius 2 is 2.11 bits per heavy atom. The van der Waals surface area contributed by atoms with Crippen molar-refractivity contribution in [2.75, 3.05) is 17.3 Å². The number of halogens is 1. The highest BCUT2D eigenvalue weighted by atomic mass is 35.5. The largest absolute Gasteiger partial charge is 0.366 e. The van der Waals surface area contributed by atoms with Gasteiger partial charge in [-0.2, -0.15) is 0 Å². The molecule has 1 N–H and O–H groups in total. The van der Waals surface area contributed by atoms with Gasteiger partial charge >= 0.3 is 0 Å². The number of hydrogen-bond donors (Lipinski definition) is 1. The molecular formula is C11H18ClN3O2S. The molecule has 1 aromatic heterocycles. The van der Waals surface area contributed by atoms with Crippen LogP contribution in [0.2, 0.25) is 5.15 Å². The van der Waals surface area contributed by atoms with Crippen molar-refractivity contribution in [3.8, 4) is 0 Å². The molecule has 1 unspecified atom stereocenters. The summed E-state index contributed by atoms with van der Waals surface area (Å²) >= 11 is 6.02. The topological polar surface area (TPSA) is 72.0 Å². The quantitative estimate of drug-likeness (QED) is 0.811. The Labute approximate surface area is 113 Å². The van der Waals surface area contributed by atoms with Gasteiger partial charge in [-0.1, -0.05) is 24.9 Å². The predicted octanol–water partition coefficient (Wildman–Crippen LogP) is 1.93. The molecule has 0 aromatic carbocycles. The van der Waals surface area contributed by atoms with E-state index in [1.807, 2.05) is 6.92 Å². The first-order valence-electron chi connectivity index (χ1n) is 5.77. The number of nitrogens with zero attached hydrogens (tertiary/aromatic N) is 2. The van der Waals surface area contributed by atoms with E-state index in [0.717, 1.165) is 18.4 Å². The molecule has 0 fully saturated rings. The van der Waals surface area contributed by atoms with E-state index in [0.29, 0.717) is 11.0 Å². The molecule has 0 radical (unpaired) electrons. The monoisotopic (exact) mass is 291 g/mol. The zero-order valence-corrected chi connectivity index (χ0v) is 12.3. The van der Waals surface area contributed by atoms with Crippen molar-refractivity contribution in [1.29, 1.82) is 0 Å². The second-order valence-corrected chi connectivity index (χ2v) is 6.92. The lowest BCUT2D eigenvalue weighted by molar-refractivity contribution is 0.598. The third-order valence-corrected chi connectivity index (χ3v) is 3.76. The fourth-order valence-electron chi connectivity index (χ4n) is 1.72. The van der Waals surface area contributed by atoms with E-state index in [1.165, 1.54) is 12.6 Å². The van der Waals surface area contributed by atoms with Gasteiger partial charge in [0.25, 0.3) is 0 Å². The van der Waals surface area contributed by atoms with Crippen LogP contribution in [0.15, 0.2) is 6.33 Å². The Morgan fingerprint density at radius 3 is 2.67 bits per heavy atom. The van der Waals surface area contributed by atoms with Gasteiger partial charge in [0.2, 0.25) is 0 Å². The Kier molecular flexibility index (Phi) is 5.34. The molecule has 0 amide bonds. The third kappa shape index (κ3) is 4.78. The summed E-state index contributed by atoms with van der Waals surface area (Å²) in [7, 11) is -3.02. The minimum atomic E-state index is -3.02. The van der Waals surface area contributed by atoms with Crippen molar-refractivity contribution >= 4 is 27.3 Å². The highest BCUT2D eigenvalue weighted by Gasteiger charge is 2.14. The summed E-state index contributed by atoms with van der Waals surface area (Å²) in [5.74, 6) is 0.674. The fraction of sp³-hybridized carbons (Fsp3) is 0.636. The van der Waals surface area contributed by atoms with E-state index in [1.54, 1.807) is 6.92 Å². The van der Waals surface area contributed by atoms with Gasteiger partial charge in [-0.3, -0.25) is 0 Å². The van der Waals surface area contributed by atoms with Crippen molar-refractivity contribution in [3.63, 3.8) is 0 Å². The summed E-state index contributed by atoms with van der Waals surface area (Å²) in [6.45, 7) is 3.83. The number of nitrogens with one attached hydrogen (secondary N) is 1. The highest BCUT2D eigenvalue weighted by molar-refractivity contribution is 7.90. The van der Waals surface area contributed by atoms with Gasteiger partial charge in [-0.25, -0.2) is 18.4 Å². The molecule has 18 heavy (non-hydrogen) atoms. The second kappa shape index (κ2) is 6.33. The third-order valence-electron chi connectivity index (χ3n) is 2.33. The lowest BCUT2D eigenvalue weighted by atomic mass is 10.2. The maximum absolute atomic E-state index is 11.2. The van der Waals surface area contributed by atoms with Gasteiger partial charge in [0.1, 0.15) is 27.1 Å². The van der Waals surface area contributed by atoms with Crippen LogP contribution in [-0.2, 0) is 16.3 Å². The molecule has 1 heterocycles. The van der Waals surface area contributed by atoms with Crippen LogP contribution in [0.5, 0.6) is 0 Å². The van der Waals surface area contributed by atoms with Crippen LogP contribution in [0.3, 0.4) is 0 Å². The number of sulfone groups is 1. The van der Waals surface area contributed by atoms with Crippen LogP contribution < -0.4 is 5.32 Å². The van der Waals surface area contributed by atoms with E-state index in [2.05, 4.69) is 15.3 Å².